The maximum atomic E-state index is 12.0. The minimum atomic E-state index is -0.781. The number of hydrogen-bond donors (Lipinski definition) is 2. The second-order valence-electron chi connectivity index (χ2n) is 6.10. The summed E-state index contributed by atoms with van der Waals surface area (Å²) in [5.41, 5.74) is 0.643. The average molecular weight is 282 g/mol. The highest BCUT2D eigenvalue weighted by Crippen LogP contribution is 2.38. The van der Waals surface area contributed by atoms with Gasteiger partial charge in [-0.05, 0) is 25.2 Å². The Labute approximate surface area is 121 Å². The maximum absolute atomic E-state index is 12.0. The van der Waals surface area contributed by atoms with E-state index in [4.69, 9.17) is 5.11 Å². The fraction of sp³-hybridized carbons (Fsp3) is 0.733. The minimum absolute atomic E-state index is 0.136. The molecule has 5 heteroatoms. The molecule has 0 bridgehead atoms. The lowest BCUT2D eigenvalue weighted by atomic mass is 9.72. The van der Waals surface area contributed by atoms with E-state index in [1.807, 2.05) is 6.92 Å². The molecule has 0 aromatic heterocycles. The van der Waals surface area contributed by atoms with E-state index in [0.29, 0.717) is 13.1 Å². The van der Waals surface area contributed by atoms with Gasteiger partial charge in [-0.3, -0.25) is 4.79 Å². The number of nitrogens with one attached hydrogen (secondary N) is 1. The summed E-state index contributed by atoms with van der Waals surface area (Å²) < 4.78 is 0. The molecule has 0 aromatic rings. The first-order valence-electron chi connectivity index (χ1n) is 7.20. The molecule has 1 aliphatic carbocycles. The van der Waals surface area contributed by atoms with Crippen LogP contribution in [0.15, 0.2) is 12.2 Å². The van der Waals surface area contributed by atoms with Crippen molar-refractivity contribution in [2.45, 2.75) is 45.4 Å². The number of hydrogen-bond acceptors (Lipinski definition) is 2. The molecule has 1 saturated carbocycles. The summed E-state index contributed by atoms with van der Waals surface area (Å²) in [4.78, 5) is 24.6. The Hall–Kier alpha value is -1.52. The summed E-state index contributed by atoms with van der Waals surface area (Å²) in [6, 6.07) is -0.164. The predicted octanol–water partition coefficient (Wildman–Crippen LogP) is 2.63. The third-order valence-electron chi connectivity index (χ3n) is 3.91. The molecule has 2 amide bonds. The standard InChI is InChI=1S/C15H26N2O3/c1-12(2)10-17(3)14(20)16-11-15(9-13(18)19)7-5-4-6-8-15/h1,4-11H2,2-3H3,(H,16,20)(H,18,19). The smallest absolute Gasteiger partial charge is 0.317 e. The highest BCUT2D eigenvalue weighted by molar-refractivity contribution is 5.74. The molecule has 0 aliphatic heterocycles. The van der Waals surface area contributed by atoms with Crippen LogP contribution in [0.4, 0.5) is 4.79 Å². The third kappa shape index (κ3) is 5.23. The molecule has 0 radical (unpaired) electrons. The first-order valence-corrected chi connectivity index (χ1v) is 7.20. The molecule has 0 aromatic carbocycles. The second-order valence-corrected chi connectivity index (χ2v) is 6.10. The van der Waals surface area contributed by atoms with Crippen LogP contribution in [0.25, 0.3) is 0 Å². The minimum Gasteiger partial charge on any atom is -0.481 e. The summed E-state index contributed by atoms with van der Waals surface area (Å²) in [5, 5.41) is 12.0. The molecular weight excluding hydrogens is 256 g/mol. The van der Waals surface area contributed by atoms with Gasteiger partial charge in [0.1, 0.15) is 0 Å². The van der Waals surface area contributed by atoms with Crippen LogP contribution in [0.3, 0.4) is 0 Å². The van der Waals surface area contributed by atoms with E-state index in [1.165, 1.54) is 0 Å². The number of aliphatic carboxylic acids is 1. The number of rotatable bonds is 6. The lowest BCUT2D eigenvalue weighted by Crippen LogP contribution is -2.45. The summed E-state index contributed by atoms with van der Waals surface area (Å²) in [6.45, 7) is 6.61. The number of carboxylic acids is 1. The predicted molar refractivity (Wildman–Crippen MR) is 78.6 cm³/mol. The molecule has 0 atom stereocenters. The second kappa shape index (κ2) is 7.31. The quantitative estimate of drug-likeness (QED) is 0.736. The van der Waals surface area contributed by atoms with E-state index in [9.17, 15) is 9.59 Å². The van der Waals surface area contributed by atoms with Gasteiger partial charge in [-0.1, -0.05) is 31.4 Å². The molecule has 1 aliphatic rings. The number of nitrogens with zero attached hydrogens (tertiary/aromatic N) is 1. The summed E-state index contributed by atoms with van der Waals surface area (Å²) in [5.74, 6) is -0.781. The Bertz CT molecular complexity index is 373. The van der Waals surface area contributed by atoms with Gasteiger partial charge in [-0.2, -0.15) is 0 Å². The van der Waals surface area contributed by atoms with E-state index in [1.54, 1.807) is 11.9 Å². The lowest BCUT2D eigenvalue weighted by molar-refractivity contribution is -0.140. The fourth-order valence-corrected chi connectivity index (χ4v) is 2.91. The SMILES string of the molecule is C=C(C)CN(C)C(=O)NCC1(CC(=O)O)CCCCC1. The van der Waals surface area contributed by atoms with Gasteiger partial charge >= 0.3 is 12.0 Å². The number of carboxylic acid groups (broad SMARTS) is 1. The third-order valence-corrected chi connectivity index (χ3v) is 3.91. The van der Waals surface area contributed by atoms with Gasteiger partial charge in [0.25, 0.3) is 0 Å². The van der Waals surface area contributed by atoms with E-state index >= 15 is 0 Å². The van der Waals surface area contributed by atoms with Gasteiger partial charge in [0.05, 0.1) is 6.42 Å². The molecule has 0 spiro atoms. The van der Waals surface area contributed by atoms with Crippen molar-refractivity contribution in [1.82, 2.24) is 10.2 Å². The van der Waals surface area contributed by atoms with Crippen LogP contribution in [0.5, 0.6) is 0 Å². The Morgan fingerprint density at radius 2 is 1.90 bits per heavy atom. The zero-order valence-corrected chi connectivity index (χ0v) is 12.6. The van der Waals surface area contributed by atoms with Crippen LogP contribution in [-0.4, -0.2) is 42.1 Å². The zero-order valence-electron chi connectivity index (χ0n) is 12.6. The average Bonchev–Trinajstić information content (AvgIpc) is 2.35. The highest BCUT2D eigenvalue weighted by Gasteiger charge is 2.34. The summed E-state index contributed by atoms with van der Waals surface area (Å²) >= 11 is 0. The van der Waals surface area contributed by atoms with Crippen molar-refractivity contribution in [3.63, 3.8) is 0 Å². The Kier molecular flexibility index (Phi) is 6.05. The normalized spacial score (nSPS) is 17.3. The number of likely N-dealkylation sites (N-methyl/N-ethyl adjacent to an activating group) is 1. The Balaban J connectivity index is 2.55. The van der Waals surface area contributed by atoms with Crippen molar-refractivity contribution >= 4 is 12.0 Å². The zero-order chi connectivity index (χ0) is 15.2. The van der Waals surface area contributed by atoms with Gasteiger partial charge in [-0.15, -0.1) is 0 Å². The number of carbonyl (C=O) groups is 2. The van der Waals surface area contributed by atoms with Crippen molar-refractivity contribution in [2.24, 2.45) is 5.41 Å². The number of amides is 2. The molecular formula is C15H26N2O3. The molecule has 0 unspecified atom stereocenters. The molecule has 1 fully saturated rings. The van der Waals surface area contributed by atoms with Gasteiger partial charge < -0.3 is 15.3 Å². The number of carbonyl (C=O) groups excluding carboxylic acids is 1. The molecule has 1 rings (SSSR count). The van der Waals surface area contributed by atoms with Crippen LogP contribution in [-0.2, 0) is 4.79 Å². The summed E-state index contributed by atoms with van der Waals surface area (Å²) in [7, 11) is 1.72. The molecule has 20 heavy (non-hydrogen) atoms. The van der Waals surface area contributed by atoms with Crippen molar-refractivity contribution in [3.05, 3.63) is 12.2 Å². The molecule has 114 valence electrons. The molecule has 5 nitrogen and oxygen atoms in total. The molecule has 2 N–H and O–H groups in total. The highest BCUT2D eigenvalue weighted by atomic mass is 16.4. The molecule has 0 heterocycles. The van der Waals surface area contributed by atoms with Crippen molar-refractivity contribution in [1.29, 1.82) is 0 Å². The fourth-order valence-electron chi connectivity index (χ4n) is 2.91. The Morgan fingerprint density at radius 1 is 1.30 bits per heavy atom. The van der Waals surface area contributed by atoms with Crippen LogP contribution < -0.4 is 5.32 Å². The van der Waals surface area contributed by atoms with Crippen LogP contribution in [0, 0.1) is 5.41 Å². The van der Waals surface area contributed by atoms with Gasteiger partial charge in [-0.25, -0.2) is 4.79 Å². The largest absolute Gasteiger partial charge is 0.481 e. The van der Waals surface area contributed by atoms with E-state index in [-0.39, 0.29) is 17.9 Å². The van der Waals surface area contributed by atoms with E-state index < -0.39 is 5.97 Å². The first kappa shape index (κ1) is 16.5. The summed E-state index contributed by atoms with van der Waals surface area (Å²) in [6.07, 6.45) is 5.14. The maximum Gasteiger partial charge on any atom is 0.317 e. The van der Waals surface area contributed by atoms with Crippen LogP contribution in [0.1, 0.15) is 45.4 Å². The van der Waals surface area contributed by atoms with Gasteiger partial charge in [0, 0.05) is 20.1 Å². The molecule has 0 saturated heterocycles. The topological polar surface area (TPSA) is 69.6 Å². The van der Waals surface area contributed by atoms with E-state index in [0.717, 1.165) is 37.7 Å². The lowest BCUT2D eigenvalue weighted by Gasteiger charge is -2.36. The number of urea groups is 1. The van der Waals surface area contributed by atoms with Crippen LogP contribution in [0.2, 0.25) is 0 Å². The Morgan fingerprint density at radius 3 is 2.40 bits per heavy atom. The monoisotopic (exact) mass is 282 g/mol. The van der Waals surface area contributed by atoms with Crippen molar-refractivity contribution < 1.29 is 14.7 Å². The van der Waals surface area contributed by atoms with Crippen LogP contribution >= 0.6 is 0 Å². The van der Waals surface area contributed by atoms with Crippen molar-refractivity contribution in [3.8, 4) is 0 Å². The van der Waals surface area contributed by atoms with Crippen molar-refractivity contribution in [2.75, 3.05) is 20.1 Å². The van der Waals surface area contributed by atoms with Gasteiger partial charge in [0.15, 0.2) is 0 Å². The van der Waals surface area contributed by atoms with E-state index in [2.05, 4.69) is 11.9 Å². The first-order chi connectivity index (χ1) is 9.34. The van der Waals surface area contributed by atoms with Gasteiger partial charge in [0.2, 0.25) is 0 Å².